The lowest BCUT2D eigenvalue weighted by atomic mass is 10.0. The second-order valence-electron chi connectivity index (χ2n) is 6.00. The molecule has 0 aliphatic heterocycles. The minimum atomic E-state index is -0.572. The number of carbonyl (C=O) groups is 3. The van der Waals surface area contributed by atoms with Crippen molar-refractivity contribution in [3.63, 3.8) is 0 Å². The van der Waals surface area contributed by atoms with Gasteiger partial charge in [0.2, 0.25) is 5.91 Å². The zero-order valence-corrected chi connectivity index (χ0v) is 14.9. The van der Waals surface area contributed by atoms with Crippen molar-refractivity contribution in [1.82, 2.24) is 0 Å². The Morgan fingerprint density at radius 1 is 0.786 bits per heavy atom. The van der Waals surface area contributed by atoms with Gasteiger partial charge in [0.1, 0.15) is 5.75 Å². The summed E-state index contributed by atoms with van der Waals surface area (Å²) in [6.07, 6.45) is 0. The average Bonchev–Trinajstić information content (AvgIpc) is 2.73. The highest BCUT2D eigenvalue weighted by Crippen LogP contribution is 2.16. The molecule has 0 atom stereocenters. The van der Waals surface area contributed by atoms with Gasteiger partial charge in [0.15, 0.2) is 12.4 Å². The number of rotatable bonds is 7. The third-order valence-corrected chi connectivity index (χ3v) is 3.95. The molecular formula is C22H18N2O4. The van der Waals surface area contributed by atoms with Gasteiger partial charge >= 0.3 is 0 Å². The number of carbonyl (C=O) groups excluding carboxylic acids is 3. The summed E-state index contributed by atoms with van der Waals surface area (Å²) in [6.45, 7) is -0.215. The predicted molar refractivity (Wildman–Crippen MR) is 105 cm³/mol. The maximum atomic E-state index is 12.4. The number of hydrogen-bond acceptors (Lipinski definition) is 4. The van der Waals surface area contributed by atoms with Gasteiger partial charge in [-0.2, -0.15) is 0 Å². The molecule has 0 unspecified atom stereocenters. The minimum Gasteiger partial charge on any atom is -0.484 e. The second-order valence-corrected chi connectivity index (χ2v) is 6.00. The maximum absolute atomic E-state index is 12.4. The molecule has 0 spiro atoms. The summed E-state index contributed by atoms with van der Waals surface area (Å²) in [7, 11) is 0. The van der Waals surface area contributed by atoms with E-state index in [1.54, 1.807) is 54.6 Å². The molecule has 140 valence electrons. The average molecular weight is 374 g/mol. The molecule has 6 nitrogen and oxygen atoms in total. The van der Waals surface area contributed by atoms with E-state index < -0.39 is 5.91 Å². The molecule has 0 heterocycles. The Bertz CT molecular complexity index is 999. The number of hydrogen-bond donors (Lipinski definition) is 2. The molecule has 28 heavy (non-hydrogen) atoms. The molecule has 0 aliphatic carbocycles. The van der Waals surface area contributed by atoms with E-state index in [0.29, 0.717) is 28.1 Å². The van der Waals surface area contributed by atoms with E-state index in [1.807, 2.05) is 18.2 Å². The van der Waals surface area contributed by atoms with Crippen molar-refractivity contribution >= 4 is 23.3 Å². The number of amides is 2. The summed E-state index contributed by atoms with van der Waals surface area (Å²) >= 11 is 0. The molecule has 2 amide bonds. The molecule has 0 bridgehead atoms. The summed E-state index contributed by atoms with van der Waals surface area (Å²) in [5.41, 5.74) is 7.11. The van der Waals surface area contributed by atoms with Gasteiger partial charge in [0, 0.05) is 22.4 Å². The second kappa shape index (κ2) is 8.64. The monoisotopic (exact) mass is 374 g/mol. The van der Waals surface area contributed by atoms with E-state index in [9.17, 15) is 14.4 Å². The lowest BCUT2D eigenvalue weighted by Crippen LogP contribution is -2.20. The molecule has 6 heteroatoms. The molecule has 0 fully saturated rings. The number of ether oxygens (including phenoxy) is 1. The smallest absolute Gasteiger partial charge is 0.262 e. The fourth-order valence-corrected chi connectivity index (χ4v) is 2.55. The minimum absolute atomic E-state index is 0.0841. The Kier molecular flexibility index (Phi) is 5.81. The first kappa shape index (κ1) is 18.8. The quantitative estimate of drug-likeness (QED) is 0.621. The van der Waals surface area contributed by atoms with Crippen molar-refractivity contribution < 1.29 is 19.1 Å². The van der Waals surface area contributed by atoms with Gasteiger partial charge in [-0.15, -0.1) is 0 Å². The van der Waals surface area contributed by atoms with Crippen LogP contribution in [0.25, 0.3) is 0 Å². The van der Waals surface area contributed by atoms with E-state index in [1.165, 1.54) is 6.07 Å². The van der Waals surface area contributed by atoms with Crippen LogP contribution in [0.2, 0.25) is 0 Å². The van der Waals surface area contributed by atoms with Crippen LogP contribution in [0.5, 0.6) is 5.75 Å². The lowest BCUT2D eigenvalue weighted by molar-refractivity contribution is -0.118. The lowest BCUT2D eigenvalue weighted by Gasteiger charge is -2.09. The van der Waals surface area contributed by atoms with Crippen LogP contribution in [-0.4, -0.2) is 24.2 Å². The Labute approximate surface area is 161 Å². The third-order valence-electron chi connectivity index (χ3n) is 3.95. The van der Waals surface area contributed by atoms with Crippen molar-refractivity contribution in [2.24, 2.45) is 5.73 Å². The van der Waals surface area contributed by atoms with Crippen molar-refractivity contribution in [1.29, 1.82) is 0 Å². The Hall–Kier alpha value is -3.93. The summed E-state index contributed by atoms with van der Waals surface area (Å²) in [6, 6.07) is 21.9. The highest BCUT2D eigenvalue weighted by atomic mass is 16.5. The molecule has 0 saturated carbocycles. The number of anilines is 1. The van der Waals surface area contributed by atoms with Gasteiger partial charge in [0.25, 0.3) is 5.91 Å². The Morgan fingerprint density at radius 2 is 1.43 bits per heavy atom. The maximum Gasteiger partial charge on any atom is 0.262 e. The topological polar surface area (TPSA) is 98.5 Å². The van der Waals surface area contributed by atoms with E-state index in [0.717, 1.165) is 0 Å². The van der Waals surface area contributed by atoms with E-state index in [4.69, 9.17) is 10.5 Å². The van der Waals surface area contributed by atoms with Crippen LogP contribution in [0.1, 0.15) is 26.3 Å². The molecular weight excluding hydrogens is 356 g/mol. The van der Waals surface area contributed by atoms with E-state index >= 15 is 0 Å². The van der Waals surface area contributed by atoms with Crippen LogP contribution in [0, 0.1) is 0 Å². The zero-order chi connectivity index (χ0) is 19.9. The number of nitrogens with one attached hydrogen (secondary N) is 1. The molecule has 3 aromatic carbocycles. The molecule has 0 radical (unpaired) electrons. The molecule has 0 aliphatic rings. The molecule has 3 aromatic rings. The SMILES string of the molecule is NC(=O)c1cccc(NC(=O)COc2ccc(C(=O)c3ccccc3)cc2)c1. The van der Waals surface area contributed by atoms with Gasteiger partial charge in [0.05, 0.1) is 0 Å². The van der Waals surface area contributed by atoms with E-state index in [-0.39, 0.29) is 18.3 Å². The zero-order valence-electron chi connectivity index (χ0n) is 14.9. The van der Waals surface area contributed by atoms with Gasteiger partial charge in [-0.3, -0.25) is 14.4 Å². The summed E-state index contributed by atoms with van der Waals surface area (Å²) < 4.78 is 5.44. The van der Waals surface area contributed by atoms with Crippen molar-refractivity contribution in [3.8, 4) is 5.75 Å². The molecule has 0 aromatic heterocycles. The van der Waals surface area contributed by atoms with Crippen LogP contribution in [0.15, 0.2) is 78.9 Å². The first-order chi connectivity index (χ1) is 13.5. The van der Waals surface area contributed by atoms with Gasteiger partial charge in [-0.1, -0.05) is 36.4 Å². The van der Waals surface area contributed by atoms with Crippen molar-refractivity contribution in [2.75, 3.05) is 11.9 Å². The standard InChI is InChI=1S/C22H18N2O4/c23-22(27)17-7-4-8-18(13-17)24-20(25)14-28-19-11-9-16(10-12-19)21(26)15-5-2-1-3-6-15/h1-13H,14H2,(H2,23,27)(H,24,25). The van der Waals surface area contributed by atoms with Crippen LogP contribution in [-0.2, 0) is 4.79 Å². The predicted octanol–water partition coefficient (Wildman–Crippen LogP) is 3.03. The normalized spacial score (nSPS) is 10.1. The van der Waals surface area contributed by atoms with Gasteiger partial charge < -0.3 is 15.8 Å². The first-order valence-corrected chi connectivity index (χ1v) is 8.55. The fourth-order valence-electron chi connectivity index (χ4n) is 2.55. The van der Waals surface area contributed by atoms with Gasteiger partial charge in [-0.25, -0.2) is 0 Å². The molecule has 0 saturated heterocycles. The highest BCUT2D eigenvalue weighted by molar-refractivity contribution is 6.09. The molecule has 3 rings (SSSR count). The van der Waals surface area contributed by atoms with Crippen molar-refractivity contribution in [3.05, 3.63) is 95.6 Å². The highest BCUT2D eigenvalue weighted by Gasteiger charge is 2.09. The first-order valence-electron chi connectivity index (χ1n) is 8.55. The number of nitrogens with two attached hydrogens (primary N) is 1. The van der Waals surface area contributed by atoms with E-state index in [2.05, 4.69) is 5.32 Å². The number of benzene rings is 3. The fraction of sp³-hybridized carbons (Fsp3) is 0.0455. The number of primary amides is 1. The van der Waals surface area contributed by atoms with Crippen molar-refractivity contribution in [2.45, 2.75) is 0 Å². The van der Waals surface area contributed by atoms with Gasteiger partial charge in [-0.05, 0) is 42.5 Å². The Balaban J connectivity index is 1.56. The summed E-state index contributed by atoms with van der Waals surface area (Å²) in [5.74, 6) is -0.576. The largest absolute Gasteiger partial charge is 0.484 e. The third kappa shape index (κ3) is 4.82. The molecule has 3 N–H and O–H groups in total. The summed E-state index contributed by atoms with van der Waals surface area (Å²) in [4.78, 5) is 35.6. The van der Waals surface area contributed by atoms with Crippen LogP contribution >= 0.6 is 0 Å². The van der Waals surface area contributed by atoms with Crippen LogP contribution in [0.3, 0.4) is 0 Å². The summed E-state index contributed by atoms with van der Waals surface area (Å²) in [5, 5.41) is 2.63. The van der Waals surface area contributed by atoms with Crippen LogP contribution in [0.4, 0.5) is 5.69 Å². The van der Waals surface area contributed by atoms with Crippen LogP contribution < -0.4 is 15.8 Å². The Morgan fingerprint density at radius 3 is 2.11 bits per heavy atom. The number of ketones is 1.